The van der Waals surface area contributed by atoms with Crippen LogP contribution in [0.3, 0.4) is 0 Å². The Labute approximate surface area is 215 Å². The molecule has 0 atom stereocenters. The summed E-state index contributed by atoms with van der Waals surface area (Å²) in [6, 6.07) is 17.3. The highest BCUT2D eigenvalue weighted by Gasteiger charge is 2.35. The van der Waals surface area contributed by atoms with E-state index in [0.717, 1.165) is 50.4 Å². The molecule has 3 aromatic rings. The Bertz CT molecular complexity index is 1200. The quantitative estimate of drug-likeness (QED) is 0.333. The minimum atomic E-state index is -0.158. The number of nitrogen functional groups attached to an aromatic ring is 1. The highest BCUT2D eigenvalue weighted by atomic mass is 32.1. The molecular formula is C28H32N4O3S. The number of nitrogens with two attached hydrogens (primary N) is 1. The second-order valence-electron chi connectivity index (χ2n) is 9.38. The summed E-state index contributed by atoms with van der Waals surface area (Å²) in [5.41, 5.74) is 9.85. The molecule has 0 bridgehead atoms. The number of nitrogens with zero attached hydrogens (tertiary/aromatic N) is 1. The summed E-state index contributed by atoms with van der Waals surface area (Å²) < 4.78 is 11.0. The fourth-order valence-electron chi connectivity index (χ4n) is 4.93. The van der Waals surface area contributed by atoms with Gasteiger partial charge in [-0.1, -0.05) is 18.2 Å². The molecule has 36 heavy (non-hydrogen) atoms. The third kappa shape index (κ3) is 5.16. The molecule has 0 unspecified atom stereocenters. The standard InChI is InChI=1S/C28H32N4O3S/c29-24-8-5-21(27(33)31-19-28(9-13-34-14-10-28)25-2-1-17-36-25)18-23(24)26(30)20-3-6-22(7-4-20)32-11-15-35-16-12-32/h1-8,17-18,30H,9-16,19,29H2,(H,31,33). The van der Waals surface area contributed by atoms with Crippen LogP contribution in [0.25, 0.3) is 0 Å². The molecule has 7 nitrogen and oxygen atoms in total. The van der Waals surface area contributed by atoms with Crippen LogP contribution < -0.4 is 16.0 Å². The zero-order valence-electron chi connectivity index (χ0n) is 20.3. The van der Waals surface area contributed by atoms with Crippen molar-refractivity contribution in [1.82, 2.24) is 5.32 Å². The summed E-state index contributed by atoms with van der Waals surface area (Å²) in [5, 5.41) is 14.0. The van der Waals surface area contributed by atoms with Crippen LogP contribution in [-0.2, 0) is 14.9 Å². The average molecular weight is 505 g/mol. The van der Waals surface area contributed by atoms with Gasteiger partial charge in [0, 0.05) is 71.2 Å². The van der Waals surface area contributed by atoms with Gasteiger partial charge in [-0.25, -0.2) is 0 Å². The molecule has 0 saturated carbocycles. The van der Waals surface area contributed by atoms with E-state index in [1.807, 2.05) is 24.3 Å². The molecule has 4 N–H and O–H groups in total. The van der Waals surface area contributed by atoms with E-state index in [9.17, 15) is 4.79 Å². The van der Waals surface area contributed by atoms with Crippen LogP contribution in [0.15, 0.2) is 60.0 Å². The third-order valence-electron chi connectivity index (χ3n) is 7.20. The third-order valence-corrected chi connectivity index (χ3v) is 8.31. The largest absolute Gasteiger partial charge is 0.398 e. The van der Waals surface area contributed by atoms with Crippen molar-refractivity contribution in [3.8, 4) is 0 Å². The molecule has 8 heteroatoms. The Hall–Kier alpha value is -3.20. The lowest BCUT2D eigenvalue weighted by molar-refractivity contribution is 0.0499. The summed E-state index contributed by atoms with van der Waals surface area (Å²) >= 11 is 1.73. The van der Waals surface area contributed by atoms with Gasteiger partial charge in [-0.15, -0.1) is 11.3 Å². The number of benzene rings is 2. The van der Waals surface area contributed by atoms with Gasteiger partial charge in [0.1, 0.15) is 0 Å². The van der Waals surface area contributed by atoms with Crippen LogP contribution in [0, 0.1) is 5.41 Å². The van der Waals surface area contributed by atoms with Crippen molar-refractivity contribution >= 4 is 34.3 Å². The number of carbonyl (C=O) groups is 1. The van der Waals surface area contributed by atoms with Gasteiger partial charge in [-0.2, -0.15) is 0 Å². The number of amides is 1. The van der Waals surface area contributed by atoms with Crippen molar-refractivity contribution in [2.75, 3.05) is 56.7 Å². The van der Waals surface area contributed by atoms with Gasteiger partial charge < -0.3 is 25.4 Å². The lowest BCUT2D eigenvalue weighted by Gasteiger charge is -2.36. The Morgan fingerprint density at radius 2 is 1.69 bits per heavy atom. The Balaban J connectivity index is 1.30. The van der Waals surface area contributed by atoms with Gasteiger partial charge in [0.05, 0.1) is 18.9 Å². The van der Waals surface area contributed by atoms with E-state index in [1.165, 1.54) is 4.88 Å². The fourth-order valence-corrected chi connectivity index (χ4v) is 5.92. The number of morpholine rings is 1. The van der Waals surface area contributed by atoms with Gasteiger partial charge in [-0.05, 0) is 54.6 Å². The summed E-state index contributed by atoms with van der Waals surface area (Å²) in [6.07, 6.45) is 1.76. The minimum absolute atomic E-state index is 0.104. The predicted molar refractivity (Wildman–Crippen MR) is 145 cm³/mol. The number of anilines is 2. The Kier molecular flexibility index (Phi) is 7.36. The number of rotatable bonds is 7. The van der Waals surface area contributed by atoms with Crippen molar-refractivity contribution in [1.29, 1.82) is 5.41 Å². The molecule has 1 aromatic heterocycles. The van der Waals surface area contributed by atoms with Crippen molar-refractivity contribution < 1.29 is 14.3 Å². The molecule has 0 radical (unpaired) electrons. The molecule has 1 amide bonds. The van der Waals surface area contributed by atoms with E-state index >= 15 is 0 Å². The maximum Gasteiger partial charge on any atom is 0.251 e. The van der Waals surface area contributed by atoms with Crippen LogP contribution in [0.4, 0.5) is 11.4 Å². The van der Waals surface area contributed by atoms with Crippen molar-refractivity contribution in [3.63, 3.8) is 0 Å². The van der Waals surface area contributed by atoms with Crippen molar-refractivity contribution in [3.05, 3.63) is 81.5 Å². The number of hydrogen-bond acceptors (Lipinski definition) is 7. The monoisotopic (exact) mass is 504 g/mol. The lowest BCUT2D eigenvalue weighted by Crippen LogP contribution is -2.44. The van der Waals surface area contributed by atoms with Crippen LogP contribution in [0.1, 0.15) is 39.2 Å². The maximum absolute atomic E-state index is 13.2. The maximum atomic E-state index is 13.2. The Morgan fingerprint density at radius 3 is 2.39 bits per heavy atom. The molecule has 0 aliphatic carbocycles. The second kappa shape index (κ2) is 10.8. The molecule has 5 rings (SSSR count). The first-order valence-corrected chi connectivity index (χ1v) is 13.3. The van der Waals surface area contributed by atoms with Gasteiger partial charge in [0.15, 0.2) is 0 Å². The number of thiophene rings is 1. The van der Waals surface area contributed by atoms with Crippen LogP contribution in [0.5, 0.6) is 0 Å². The molecule has 188 valence electrons. The first-order valence-electron chi connectivity index (χ1n) is 12.4. The van der Waals surface area contributed by atoms with E-state index < -0.39 is 0 Å². The number of ether oxygens (including phenoxy) is 2. The summed E-state index contributed by atoms with van der Waals surface area (Å²) in [5.74, 6) is -0.158. The molecule has 2 saturated heterocycles. The Morgan fingerprint density at radius 1 is 1.00 bits per heavy atom. The molecule has 2 fully saturated rings. The average Bonchev–Trinajstić information content (AvgIpc) is 3.49. The molecule has 0 spiro atoms. The predicted octanol–water partition coefficient (Wildman–Crippen LogP) is 4.06. The highest BCUT2D eigenvalue weighted by molar-refractivity contribution is 7.10. The minimum Gasteiger partial charge on any atom is -0.398 e. The number of nitrogens with one attached hydrogen (secondary N) is 2. The van der Waals surface area contributed by atoms with E-state index in [2.05, 4.69) is 27.7 Å². The number of hydrogen-bond donors (Lipinski definition) is 3. The fraction of sp³-hybridized carbons (Fsp3) is 0.357. The summed E-state index contributed by atoms with van der Waals surface area (Å²) in [4.78, 5) is 16.7. The van der Waals surface area contributed by atoms with Crippen molar-refractivity contribution in [2.24, 2.45) is 0 Å². The van der Waals surface area contributed by atoms with E-state index in [-0.39, 0.29) is 11.3 Å². The van der Waals surface area contributed by atoms with Crippen LogP contribution >= 0.6 is 11.3 Å². The molecule has 2 aliphatic heterocycles. The molecule has 3 heterocycles. The zero-order chi connectivity index (χ0) is 25.0. The second-order valence-corrected chi connectivity index (χ2v) is 10.3. The highest BCUT2D eigenvalue weighted by Crippen LogP contribution is 2.37. The zero-order valence-corrected chi connectivity index (χ0v) is 21.1. The molecule has 2 aromatic carbocycles. The smallest absolute Gasteiger partial charge is 0.251 e. The first-order chi connectivity index (χ1) is 17.6. The van der Waals surface area contributed by atoms with E-state index in [0.29, 0.717) is 42.3 Å². The summed E-state index contributed by atoms with van der Waals surface area (Å²) in [7, 11) is 0. The van der Waals surface area contributed by atoms with E-state index in [1.54, 1.807) is 29.5 Å². The van der Waals surface area contributed by atoms with Crippen LogP contribution in [0.2, 0.25) is 0 Å². The number of carbonyl (C=O) groups excluding carboxylic acids is 1. The molecular weight excluding hydrogens is 472 g/mol. The van der Waals surface area contributed by atoms with Gasteiger partial charge in [0.2, 0.25) is 0 Å². The molecule has 2 aliphatic rings. The lowest BCUT2D eigenvalue weighted by atomic mass is 9.78. The van der Waals surface area contributed by atoms with Crippen molar-refractivity contribution in [2.45, 2.75) is 18.3 Å². The van der Waals surface area contributed by atoms with Gasteiger partial charge >= 0.3 is 0 Å². The van der Waals surface area contributed by atoms with Gasteiger partial charge in [0.25, 0.3) is 5.91 Å². The van der Waals surface area contributed by atoms with E-state index in [4.69, 9.17) is 20.6 Å². The van der Waals surface area contributed by atoms with Crippen LogP contribution in [-0.4, -0.2) is 57.7 Å². The van der Waals surface area contributed by atoms with Gasteiger partial charge in [-0.3, -0.25) is 10.2 Å². The SMILES string of the molecule is N=C(c1ccc(N2CCOCC2)cc1)c1cc(C(=O)NCC2(c3cccs3)CCOCC2)ccc1N. The normalized spacial score (nSPS) is 17.5. The summed E-state index contributed by atoms with van der Waals surface area (Å²) in [6.45, 7) is 5.12. The topological polar surface area (TPSA) is 101 Å². The first kappa shape index (κ1) is 24.5.